The average molecular weight is 271 g/mol. The summed E-state index contributed by atoms with van der Waals surface area (Å²) in [5, 5.41) is 0. The molecule has 2 aliphatic carbocycles. The number of hydrogen-bond donors (Lipinski definition) is 0. The van der Waals surface area contributed by atoms with Crippen LogP contribution < -0.4 is 5.56 Å². The van der Waals surface area contributed by atoms with Gasteiger partial charge in [0.25, 0.3) is 5.56 Å². The van der Waals surface area contributed by atoms with Crippen LogP contribution in [0.3, 0.4) is 0 Å². The Bertz CT molecular complexity index is 522. The van der Waals surface area contributed by atoms with Gasteiger partial charge in [-0.1, -0.05) is 12.8 Å². The minimum absolute atomic E-state index is 0.336. The highest BCUT2D eigenvalue weighted by Gasteiger charge is 2.50. The Morgan fingerprint density at radius 3 is 2.37 bits per heavy atom. The number of hydrogen-bond acceptors (Lipinski definition) is 1. The van der Waals surface area contributed by atoms with Gasteiger partial charge in [-0.25, -0.2) is 0 Å². The molecule has 0 N–H and O–H groups in total. The third-order valence-corrected chi connectivity index (χ3v) is 4.55. The second-order valence-corrected chi connectivity index (χ2v) is 5.68. The van der Waals surface area contributed by atoms with Crippen LogP contribution in [0.25, 0.3) is 0 Å². The lowest BCUT2D eigenvalue weighted by Crippen LogP contribution is -2.22. The second kappa shape index (κ2) is 4.39. The van der Waals surface area contributed by atoms with E-state index in [-0.39, 0.29) is 5.56 Å². The van der Waals surface area contributed by atoms with Crippen molar-refractivity contribution in [1.82, 2.24) is 4.57 Å². The fraction of sp³-hybridized carbons (Fsp3) is 0.643. The van der Waals surface area contributed by atoms with Gasteiger partial charge in [-0.15, -0.1) is 0 Å². The first-order valence-electron chi connectivity index (χ1n) is 6.74. The highest BCUT2D eigenvalue weighted by Crippen LogP contribution is 2.55. The Morgan fingerprint density at radius 1 is 1.16 bits per heavy atom. The minimum atomic E-state index is -4.38. The lowest BCUT2D eigenvalue weighted by atomic mass is 10.0. The molecule has 0 aromatic carbocycles. The first-order valence-corrected chi connectivity index (χ1v) is 6.74. The Kier molecular flexibility index (Phi) is 2.95. The lowest BCUT2D eigenvalue weighted by molar-refractivity contribution is -0.138. The smallest absolute Gasteiger partial charge is 0.315 e. The molecule has 1 unspecified atom stereocenters. The second-order valence-electron chi connectivity index (χ2n) is 5.68. The molecule has 0 bridgehead atoms. The van der Waals surface area contributed by atoms with Gasteiger partial charge in [0.15, 0.2) is 0 Å². The molecule has 1 aromatic heterocycles. The minimum Gasteiger partial charge on any atom is -0.315 e. The van der Waals surface area contributed by atoms with E-state index in [0.717, 1.165) is 18.3 Å². The van der Waals surface area contributed by atoms with Crippen molar-refractivity contribution in [2.75, 3.05) is 0 Å². The van der Waals surface area contributed by atoms with Crippen molar-refractivity contribution in [3.63, 3.8) is 0 Å². The molecular formula is C14H16F3NO. The van der Waals surface area contributed by atoms with Crippen molar-refractivity contribution >= 4 is 0 Å². The molecule has 2 nitrogen and oxygen atoms in total. The van der Waals surface area contributed by atoms with Crippen LogP contribution in [0, 0.1) is 17.8 Å². The van der Waals surface area contributed by atoms with Crippen LogP contribution in [0.2, 0.25) is 0 Å². The largest absolute Gasteiger partial charge is 0.417 e. The Morgan fingerprint density at radius 2 is 1.79 bits per heavy atom. The van der Waals surface area contributed by atoms with Crippen molar-refractivity contribution in [1.29, 1.82) is 0 Å². The monoisotopic (exact) mass is 271 g/mol. The third kappa shape index (κ3) is 2.42. The normalized spacial score (nSPS) is 29.9. The molecule has 0 amide bonds. The van der Waals surface area contributed by atoms with Gasteiger partial charge in [0.05, 0.1) is 5.56 Å². The summed E-state index contributed by atoms with van der Waals surface area (Å²) in [6.07, 6.45) is 1.36. The van der Waals surface area contributed by atoms with E-state index >= 15 is 0 Å². The maximum Gasteiger partial charge on any atom is 0.417 e. The van der Waals surface area contributed by atoms with Gasteiger partial charge in [-0.05, 0) is 36.7 Å². The summed E-state index contributed by atoms with van der Waals surface area (Å²) in [5.41, 5.74) is -1.08. The summed E-state index contributed by atoms with van der Waals surface area (Å²) in [4.78, 5) is 11.7. The number of rotatable bonds is 2. The number of alkyl halides is 3. The average Bonchev–Trinajstić information content (AvgIpc) is 3.04. The van der Waals surface area contributed by atoms with Crippen molar-refractivity contribution < 1.29 is 13.2 Å². The number of aromatic nitrogens is 1. The number of fused-ring (bicyclic) bond motifs is 1. The first-order chi connectivity index (χ1) is 8.97. The Balaban J connectivity index is 1.79. The summed E-state index contributed by atoms with van der Waals surface area (Å²) in [5.74, 6) is 1.68. The summed E-state index contributed by atoms with van der Waals surface area (Å²) >= 11 is 0. The summed E-state index contributed by atoms with van der Waals surface area (Å²) in [6.45, 7) is 0.443. The van der Waals surface area contributed by atoms with Crippen LogP contribution in [0.4, 0.5) is 13.2 Å². The van der Waals surface area contributed by atoms with Gasteiger partial charge >= 0.3 is 6.18 Å². The molecule has 19 heavy (non-hydrogen) atoms. The first kappa shape index (κ1) is 12.8. The zero-order valence-electron chi connectivity index (χ0n) is 10.5. The molecule has 3 atom stereocenters. The van der Waals surface area contributed by atoms with E-state index < -0.39 is 11.7 Å². The maximum atomic E-state index is 12.6. The lowest BCUT2D eigenvalue weighted by Gasteiger charge is -2.10. The van der Waals surface area contributed by atoms with Crippen LogP contribution in [-0.4, -0.2) is 4.57 Å². The maximum absolute atomic E-state index is 12.6. The van der Waals surface area contributed by atoms with Gasteiger partial charge < -0.3 is 4.57 Å². The highest BCUT2D eigenvalue weighted by atomic mass is 19.4. The van der Waals surface area contributed by atoms with Gasteiger partial charge in [0.2, 0.25) is 0 Å². The molecule has 5 heteroatoms. The van der Waals surface area contributed by atoms with Gasteiger partial charge in [-0.2, -0.15) is 13.2 Å². The van der Waals surface area contributed by atoms with E-state index in [4.69, 9.17) is 0 Å². The summed E-state index contributed by atoms with van der Waals surface area (Å²) in [7, 11) is 0. The standard InChI is InChI=1S/C14H16F3NO/c15-14(16,17)9-5-6-13(19)18(7-9)8-12-10-3-1-2-4-11(10)12/h5-7,10-12H,1-4,8H2/t10-,11+,12?. The molecule has 2 saturated carbocycles. The molecule has 2 fully saturated rings. The van der Waals surface area contributed by atoms with E-state index in [1.807, 2.05) is 0 Å². The fourth-order valence-corrected chi connectivity index (χ4v) is 3.48. The van der Waals surface area contributed by atoms with E-state index in [1.165, 1.54) is 30.3 Å². The van der Waals surface area contributed by atoms with Crippen LogP contribution in [0.15, 0.2) is 23.1 Å². The Labute approximate surface area is 109 Å². The number of halogens is 3. The number of pyridine rings is 1. The molecule has 104 valence electrons. The van der Waals surface area contributed by atoms with Crippen LogP contribution >= 0.6 is 0 Å². The van der Waals surface area contributed by atoms with E-state index in [9.17, 15) is 18.0 Å². The van der Waals surface area contributed by atoms with Crippen molar-refractivity contribution in [3.05, 3.63) is 34.2 Å². The number of nitrogens with zero attached hydrogens (tertiary/aromatic N) is 1. The van der Waals surface area contributed by atoms with Crippen molar-refractivity contribution in [2.24, 2.45) is 17.8 Å². The zero-order chi connectivity index (χ0) is 13.6. The SMILES string of the molecule is O=c1ccc(C(F)(F)F)cn1CC1[C@H]2CCCC[C@@H]12. The van der Waals surface area contributed by atoms with Crippen LogP contribution in [-0.2, 0) is 12.7 Å². The molecular weight excluding hydrogens is 255 g/mol. The molecule has 0 saturated heterocycles. The van der Waals surface area contributed by atoms with Crippen LogP contribution in [0.5, 0.6) is 0 Å². The van der Waals surface area contributed by atoms with Gasteiger partial charge in [0, 0.05) is 18.8 Å². The van der Waals surface area contributed by atoms with Crippen molar-refractivity contribution in [2.45, 2.75) is 38.4 Å². The van der Waals surface area contributed by atoms with E-state index in [2.05, 4.69) is 0 Å². The molecule has 3 rings (SSSR count). The third-order valence-electron chi connectivity index (χ3n) is 4.55. The van der Waals surface area contributed by atoms with Crippen LogP contribution in [0.1, 0.15) is 31.2 Å². The molecule has 1 heterocycles. The van der Waals surface area contributed by atoms with Crippen molar-refractivity contribution in [3.8, 4) is 0 Å². The predicted octanol–water partition coefficient (Wildman–Crippen LogP) is 3.30. The summed E-state index contributed by atoms with van der Waals surface area (Å²) in [6, 6.07) is 1.88. The Hall–Kier alpha value is -1.26. The fourth-order valence-electron chi connectivity index (χ4n) is 3.48. The highest BCUT2D eigenvalue weighted by molar-refractivity contribution is 5.14. The van der Waals surface area contributed by atoms with Gasteiger partial charge in [-0.3, -0.25) is 4.79 Å². The molecule has 1 aromatic rings. The molecule has 0 spiro atoms. The van der Waals surface area contributed by atoms with E-state index in [0.29, 0.717) is 24.3 Å². The van der Waals surface area contributed by atoms with E-state index in [1.54, 1.807) is 0 Å². The topological polar surface area (TPSA) is 22.0 Å². The molecule has 0 radical (unpaired) electrons. The quantitative estimate of drug-likeness (QED) is 0.809. The predicted molar refractivity (Wildman–Crippen MR) is 64.6 cm³/mol. The molecule has 0 aliphatic heterocycles. The zero-order valence-corrected chi connectivity index (χ0v) is 10.5. The molecule has 2 aliphatic rings. The summed E-state index contributed by atoms with van der Waals surface area (Å²) < 4.78 is 39.1. The van der Waals surface area contributed by atoms with Gasteiger partial charge in [0.1, 0.15) is 0 Å².